The Morgan fingerprint density at radius 1 is 1.24 bits per heavy atom. The standard InChI is InChI=1S/C18H20FN5O/c1-13-9-21-17(24(13)10-14-3-5-15(19)6-4-14)7-8-20-18(25)16-11-23(2)12-22-16/h3-6,9,11-12H,7-8,10H2,1-2H3,(H,20,25). The Morgan fingerprint density at radius 3 is 2.68 bits per heavy atom. The van der Waals surface area contributed by atoms with Crippen LogP contribution in [0.5, 0.6) is 0 Å². The summed E-state index contributed by atoms with van der Waals surface area (Å²) in [6.45, 7) is 3.07. The van der Waals surface area contributed by atoms with E-state index in [0.717, 1.165) is 17.1 Å². The highest BCUT2D eigenvalue weighted by molar-refractivity contribution is 5.91. The minimum absolute atomic E-state index is 0.200. The molecule has 0 saturated heterocycles. The van der Waals surface area contributed by atoms with E-state index in [9.17, 15) is 9.18 Å². The Labute approximate surface area is 145 Å². The zero-order chi connectivity index (χ0) is 17.8. The molecule has 0 aliphatic carbocycles. The number of aromatic nitrogens is 4. The Kier molecular flexibility index (Phi) is 4.92. The molecule has 0 spiro atoms. The lowest BCUT2D eigenvalue weighted by molar-refractivity contribution is 0.0949. The maximum Gasteiger partial charge on any atom is 0.271 e. The molecule has 0 atom stereocenters. The predicted octanol–water partition coefficient (Wildman–Crippen LogP) is 2.08. The molecule has 1 aromatic carbocycles. The summed E-state index contributed by atoms with van der Waals surface area (Å²) in [5.74, 6) is 0.431. The van der Waals surface area contributed by atoms with Crippen molar-refractivity contribution in [3.63, 3.8) is 0 Å². The molecule has 0 bridgehead atoms. The monoisotopic (exact) mass is 341 g/mol. The van der Waals surface area contributed by atoms with E-state index in [1.165, 1.54) is 12.1 Å². The van der Waals surface area contributed by atoms with Gasteiger partial charge in [0, 0.05) is 44.6 Å². The number of rotatable bonds is 6. The van der Waals surface area contributed by atoms with E-state index in [0.29, 0.717) is 25.2 Å². The van der Waals surface area contributed by atoms with Gasteiger partial charge in [-0.2, -0.15) is 0 Å². The van der Waals surface area contributed by atoms with Crippen molar-refractivity contribution in [2.24, 2.45) is 7.05 Å². The van der Waals surface area contributed by atoms with E-state index in [1.807, 2.05) is 14.0 Å². The topological polar surface area (TPSA) is 64.7 Å². The second-order valence-corrected chi connectivity index (χ2v) is 5.96. The van der Waals surface area contributed by atoms with Crippen LogP contribution >= 0.6 is 0 Å². The SMILES string of the molecule is Cc1cnc(CCNC(=O)c2cn(C)cn2)n1Cc1ccc(F)cc1. The molecule has 25 heavy (non-hydrogen) atoms. The van der Waals surface area contributed by atoms with Crippen molar-refractivity contribution in [1.82, 2.24) is 24.4 Å². The minimum atomic E-state index is -0.247. The second-order valence-electron chi connectivity index (χ2n) is 5.96. The largest absolute Gasteiger partial charge is 0.350 e. The van der Waals surface area contributed by atoms with E-state index in [1.54, 1.807) is 35.4 Å². The number of hydrogen-bond acceptors (Lipinski definition) is 3. The van der Waals surface area contributed by atoms with Gasteiger partial charge in [0.05, 0.1) is 6.33 Å². The van der Waals surface area contributed by atoms with Crippen LogP contribution in [0.2, 0.25) is 0 Å². The summed E-state index contributed by atoms with van der Waals surface area (Å²) >= 11 is 0. The first-order valence-corrected chi connectivity index (χ1v) is 8.04. The third-order valence-corrected chi connectivity index (χ3v) is 3.96. The maximum absolute atomic E-state index is 13.0. The summed E-state index contributed by atoms with van der Waals surface area (Å²) in [6, 6.07) is 6.44. The molecule has 0 fully saturated rings. The number of aryl methyl sites for hydroxylation is 2. The molecular weight excluding hydrogens is 321 g/mol. The zero-order valence-corrected chi connectivity index (χ0v) is 14.2. The van der Waals surface area contributed by atoms with E-state index in [2.05, 4.69) is 19.9 Å². The molecule has 3 rings (SSSR count). The smallest absolute Gasteiger partial charge is 0.271 e. The number of imidazole rings is 2. The van der Waals surface area contributed by atoms with Crippen molar-refractivity contribution in [2.75, 3.05) is 6.54 Å². The molecule has 2 aromatic heterocycles. The number of nitrogens with one attached hydrogen (secondary N) is 1. The molecule has 7 heteroatoms. The lowest BCUT2D eigenvalue weighted by atomic mass is 10.2. The lowest BCUT2D eigenvalue weighted by Gasteiger charge is -2.11. The third-order valence-electron chi connectivity index (χ3n) is 3.96. The van der Waals surface area contributed by atoms with Crippen LogP contribution in [0.15, 0.2) is 43.0 Å². The fourth-order valence-corrected chi connectivity index (χ4v) is 2.61. The summed E-state index contributed by atoms with van der Waals surface area (Å²) in [5, 5.41) is 2.85. The normalized spacial score (nSPS) is 10.8. The highest BCUT2D eigenvalue weighted by atomic mass is 19.1. The molecule has 2 heterocycles. The molecule has 0 aliphatic heterocycles. The zero-order valence-electron chi connectivity index (χ0n) is 14.2. The van der Waals surface area contributed by atoms with E-state index < -0.39 is 0 Å². The number of amides is 1. The average Bonchev–Trinajstić information content (AvgIpc) is 3.17. The molecule has 6 nitrogen and oxygen atoms in total. The summed E-state index contributed by atoms with van der Waals surface area (Å²) < 4.78 is 16.8. The van der Waals surface area contributed by atoms with Gasteiger partial charge in [0.15, 0.2) is 0 Å². The molecule has 0 saturated carbocycles. The number of hydrogen-bond donors (Lipinski definition) is 1. The number of benzene rings is 1. The Balaban J connectivity index is 1.61. The Hall–Kier alpha value is -2.96. The van der Waals surface area contributed by atoms with Crippen LogP contribution in [0.1, 0.15) is 27.6 Å². The van der Waals surface area contributed by atoms with Gasteiger partial charge < -0.3 is 14.5 Å². The first kappa shape index (κ1) is 16.9. The lowest BCUT2D eigenvalue weighted by Crippen LogP contribution is -2.27. The quantitative estimate of drug-likeness (QED) is 0.747. The summed E-state index contributed by atoms with van der Waals surface area (Å²) in [5.41, 5.74) is 2.42. The maximum atomic E-state index is 13.0. The van der Waals surface area contributed by atoms with Gasteiger partial charge in [0.25, 0.3) is 5.91 Å². The van der Waals surface area contributed by atoms with Gasteiger partial charge in [0.2, 0.25) is 0 Å². The number of carbonyl (C=O) groups is 1. The third kappa shape index (κ3) is 4.12. The fraction of sp³-hybridized carbons (Fsp3) is 0.278. The van der Waals surface area contributed by atoms with Crippen LogP contribution < -0.4 is 5.32 Å². The van der Waals surface area contributed by atoms with Crippen molar-refractivity contribution in [1.29, 1.82) is 0 Å². The molecule has 0 radical (unpaired) electrons. The van der Waals surface area contributed by atoms with Crippen LogP contribution in [0.3, 0.4) is 0 Å². The predicted molar refractivity (Wildman–Crippen MR) is 91.7 cm³/mol. The van der Waals surface area contributed by atoms with Crippen LogP contribution in [0, 0.1) is 12.7 Å². The fourth-order valence-electron chi connectivity index (χ4n) is 2.61. The highest BCUT2D eigenvalue weighted by Crippen LogP contribution is 2.11. The summed E-state index contributed by atoms with van der Waals surface area (Å²) in [6.07, 6.45) is 5.68. The van der Waals surface area contributed by atoms with Gasteiger partial charge in [-0.15, -0.1) is 0 Å². The van der Waals surface area contributed by atoms with Crippen LogP contribution in [0.4, 0.5) is 4.39 Å². The van der Waals surface area contributed by atoms with Crippen LogP contribution in [0.25, 0.3) is 0 Å². The van der Waals surface area contributed by atoms with Gasteiger partial charge in [-0.3, -0.25) is 4.79 Å². The van der Waals surface area contributed by atoms with E-state index in [4.69, 9.17) is 0 Å². The molecule has 0 aliphatic rings. The molecule has 130 valence electrons. The Bertz CT molecular complexity index is 866. The molecule has 0 unspecified atom stereocenters. The van der Waals surface area contributed by atoms with Gasteiger partial charge in [0.1, 0.15) is 17.3 Å². The van der Waals surface area contributed by atoms with Crippen molar-refractivity contribution in [2.45, 2.75) is 19.9 Å². The van der Waals surface area contributed by atoms with Gasteiger partial charge >= 0.3 is 0 Å². The summed E-state index contributed by atoms with van der Waals surface area (Å²) in [7, 11) is 1.82. The number of carbonyl (C=O) groups excluding carboxylic acids is 1. The number of nitrogens with zero attached hydrogens (tertiary/aromatic N) is 4. The van der Waals surface area contributed by atoms with E-state index in [-0.39, 0.29) is 11.7 Å². The summed E-state index contributed by atoms with van der Waals surface area (Å²) in [4.78, 5) is 20.5. The molecule has 1 N–H and O–H groups in total. The van der Waals surface area contributed by atoms with E-state index >= 15 is 0 Å². The highest BCUT2D eigenvalue weighted by Gasteiger charge is 2.11. The molecule has 3 aromatic rings. The first-order chi connectivity index (χ1) is 12.0. The van der Waals surface area contributed by atoms with Gasteiger partial charge in [-0.1, -0.05) is 12.1 Å². The number of halogens is 1. The van der Waals surface area contributed by atoms with Gasteiger partial charge in [-0.25, -0.2) is 14.4 Å². The van der Waals surface area contributed by atoms with Crippen molar-refractivity contribution in [3.05, 3.63) is 71.6 Å². The van der Waals surface area contributed by atoms with Gasteiger partial charge in [-0.05, 0) is 24.6 Å². The second kappa shape index (κ2) is 7.29. The van der Waals surface area contributed by atoms with Crippen LogP contribution in [-0.4, -0.2) is 31.6 Å². The average molecular weight is 341 g/mol. The van der Waals surface area contributed by atoms with Crippen molar-refractivity contribution < 1.29 is 9.18 Å². The molecular formula is C18H20FN5O. The minimum Gasteiger partial charge on any atom is -0.350 e. The molecule has 1 amide bonds. The van der Waals surface area contributed by atoms with Crippen LogP contribution in [-0.2, 0) is 20.0 Å². The Morgan fingerprint density at radius 2 is 2.00 bits per heavy atom. The first-order valence-electron chi connectivity index (χ1n) is 8.04. The van der Waals surface area contributed by atoms with Crippen molar-refractivity contribution >= 4 is 5.91 Å². The van der Waals surface area contributed by atoms with Crippen molar-refractivity contribution in [3.8, 4) is 0 Å².